The summed E-state index contributed by atoms with van der Waals surface area (Å²) in [6, 6.07) is 0. The summed E-state index contributed by atoms with van der Waals surface area (Å²) in [6.45, 7) is 0. The number of aliphatic carboxylic acids is 4. The van der Waals surface area contributed by atoms with Crippen molar-refractivity contribution in [2.45, 2.75) is 12.8 Å². The molecule has 8 nitrogen and oxygen atoms in total. The first kappa shape index (κ1) is 38.7. The fraction of sp³-hybridized carbons (Fsp3) is 0.429. The van der Waals surface area contributed by atoms with Crippen molar-refractivity contribution in [3.8, 4) is 0 Å². The van der Waals surface area contributed by atoms with Gasteiger partial charge in [-0.2, -0.15) is 0 Å². The van der Waals surface area contributed by atoms with Crippen LogP contribution < -0.4 is 0 Å². The van der Waals surface area contributed by atoms with Crippen LogP contribution in [-0.4, -0.2) is 44.3 Å². The molecule has 1 aliphatic carbocycles. The van der Waals surface area contributed by atoms with Gasteiger partial charge in [-0.25, -0.2) is 0 Å². The van der Waals surface area contributed by atoms with E-state index in [2.05, 4.69) is 0 Å². The van der Waals surface area contributed by atoms with E-state index >= 15 is 0 Å². The maximum atomic E-state index is 10.9. The summed E-state index contributed by atoms with van der Waals surface area (Å²) in [5.74, 6) is -11.2. The minimum atomic E-state index is -1.42. The number of carboxylic acid groups (broad SMARTS) is 4. The molecule has 0 aliphatic heterocycles. The Morgan fingerprint density at radius 1 is 0.500 bits per heavy atom. The molecule has 0 aromatic carbocycles. The molecule has 0 spiro atoms. The van der Waals surface area contributed by atoms with Crippen LogP contribution in [0.4, 0.5) is 0 Å². The van der Waals surface area contributed by atoms with Crippen LogP contribution in [0.5, 0.6) is 0 Å². The minimum absolute atomic E-state index is 0. The van der Waals surface area contributed by atoms with Gasteiger partial charge in [-0.3, -0.25) is 19.2 Å². The smallest absolute Gasteiger partial charge is 0.481 e. The third-order valence-electron chi connectivity index (χ3n) is 3.26. The molecule has 0 heterocycles. The molecule has 0 aromatic heterocycles. The Morgan fingerprint density at radius 3 is 0.708 bits per heavy atom. The molecule has 0 radical (unpaired) electrons. The fourth-order valence-corrected chi connectivity index (χ4v) is 2.30. The predicted octanol–water partition coefficient (Wildman–Crippen LogP) is 1.38. The first-order chi connectivity index (χ1) is 8.25. The van der Waals surface area contributed by atoms with Crippen molar-refractivity contribution in [1.82, 2.24) is 0 Å². The average Bonchev–Trinajstić information content (AvgIpc) is 2.26. The van der Waals surface area contributed by atoms with E-state index in [9.17, 15) is 19.2 Å². The Bertz CT molecular complexity index is 340. The van der Waals surface area contributed by atoms with Gasteiger partial charge in [0.25, 0.3) is 0 Å². The van der Waals surface area contributed by atoms with E-state index < -0.39 is 60.4 Å². The summed E-state index contributed by atoms with van der Waals surface area (Å²) in [4.78, 5) is 43.6. The van der Waals surface area contributed by atoms with Gasteiger partial charge in [0.2, 0.25) is 0 Å². The third-order valence-corrected chi connectivity index (χ3v) is 3.26. The number of carbonyl (C=O) groups is 4. The van der Waals surface area contributed by atoms with Crippen LogP contribution in [0.2, 0.25) is 0 Å². The van der Waals surface area contributed by atoms with Crippen LogP contribution >= 0.6 is 0 Å². The quantitative estimate of drug-likeness (QED) is 0.320. The summed E-state index contributed by atoms with van der Waals surface area (Å²) in [7, 11) is 0. The van der Waals surface area contributed by atoms with Crippen molar-refractivity contribution < 1.29 is 81.7 Å². The molecular weight excluding hydrogens is 686 g/mol. The number of rotatable bonds is 4. The summed E-state index contributed by atoms with van der Waals surface area (Å²) < 4.78 is 0. The van der Waals surface area contributed by atoms with Crippen molar-refractivity contribution in [2.75, 3.05) is 0 Å². The summed E-state index contributed by atoms with van der Waals surface area (Å²) >= 11 is 0. The van der Waals surface area contributed by atoms with E-state index in [0.29, 0.717) is 0 Å². The first-order valence-corrected chi connectivity index (χ1v) is 5.17. The normalized spacial score (nSPS) is 23.7. The second-order valence-corrected chi connectivity index (χ2v) is 4.25. The molecule has 4 N–H and O–H groups in total. The summed E-state index contributed by atoms with van der Waals surface area (Å²) in [5, 5.41) is 35.5. The molecule has 1 saturated carbocycles. The predicted molar refractivity (Wildman–Crippen MR) is 79.4 cm³/mol. The Hall–Kier alpha value is -0.743. The van der Waals surface area contributed by atoms with Crippen LogP contribution in [0.1, 0.15) is 12.8 Å². The molecule has 10 heteroatoms. The Balaban J connectivity index is -0.000000135. The van der Waals surface area contributed by atoms with Gasteiger partial charge in [0, 0.05) is 0 Å². The Labute approximate surface area is 171 Å². The topological polar surface area (TPSA) is 149 Å². The third kappa shape index (κ3) is 8.93. The molecule has 4 atom stereocenters. The summed E-state index contributed by atoms with van der Waals surface area (Å²) in [5.41, 5.74) is 0. The van der Waals surface area contributed by atoms with Gasteiger partial charge in [0.15, 0.2) is 0 Å². The van der Waals surface area contributed by atoms with Gasteiger partial charge >= 0.3 is 66.0 Å². The molecule has 148 valence electrons. The zero-order valence-corrected chi connectivity index (χ0v) is 18.3. The maximum absolute atomic E-state index is 10.9. The molecule has 0 aromatic rings. The van der Waals surface area contributed by atoms with Crippen molar-refractivity contribution >= 4 is 23.9 Å². The number of carboxylic acids is 4. The maximum Gasteiger partial charge on any atom is 2.00 e. The van der Waals surface area contributed by atoms with E-state index in [0.717, 1.165) is 0 Å². The Kier molecular flexibility index (Phi) is 25.4. The van der Waals surface area contributed by atoms with E-state index in [1.165, 1.54) is 0 Å². The SMILES string of the molecule is O=C(O)C1CC(C(=O)O)C(C(=O)O)CC1C(=O)O.[CH3-].[CH3-].[CH3-].[CH3-].[Pt+2].[Pt+2]. The monoisotopic (exact) mass is 710 g/mol. The van der Waals surface area contributed by atoms with Gasteiger partial charge in [0.05, 0.1) is 23.7 Å². The first-order valence-electron chi connectivity index (χ1n) is 5.17. The molecule has 1 aliphatic rings. The second kappa shape index (κ2) is 15.8. The van der Waals surface area contributed by atoms with Crippen LogP contribution in [-0.2, 0) is 61.3 Å². The van der Waals surface area contributed by atoms with Gasteiger partial charge in [-0.15, -0.1) is 0 Å². The van der Waals surface area contributed by atoms with Crippen molar-refractivity contribution in [3.05, 3.63) is 29.7 Å². The summed E-state index contributed by atoms with van der Waals surface area (Å²) in [6.07, 6.45) is -0.975. The van der Waals surface area contributed by atoms with Gasteiger partial charge in [-0.1, -0.05) is 0 Å². The second-order valence-electron chi connectivity index (χ2n) is 4.25. The molecule has 0 saturated heterocycles. The van der Waals surface area contributed by atoms with Crippen LogP contribution in [0.15, 0.2) is 0 Å². The largest absolute Gasteiger partial charge is 2.00 e. The Morgan fingerprint density at radius 2 is 0.625 bits per heavy atom. The zero-order valence-electron chi connectivity index (χ0n) is 13.8. The van der Waals surface area contributed by atoms with Gasteiger partial charge in [-0.05, 0) is 12.8 Å². The molecule has 1 rings (SSSR count). The number of hydrogen-bond donors (Lipinski definition) is 4. The fourth-order valence-electron chi connectivity index (χ4n) is 2.30. The van der Waals surface area contributed by atoms with E-state index in [-0.39, 0.29) is 71.8 Å². The zero-order chi connectivity index (χ0) is 14.0. The van der Waals surface area contributed by atoms with Crippen LogP contribution in [0.25, 0.3) is 0 Å². The average molecular weight is 710 g/mol. The molecule has 0 amide bonds. The van der Waals surface area contributed by atoms with Gasteiger partial charge < -0.3 is 50.1 Å². The van der Waals surface area contributed by atoms with Crippen molar-refractivity contribution in [3.63, 3.8) is 0 Å². The molecule has 24 heavy (non-hydrogen) atoms. The van der Waals surface area contributed by atoms with E-state index in [1.807, 2.05) is 0 Å². The van der Waals surface area contributed by atoms with Crippen LogP contribution in [0, 0.1) is 53.4 Å². The molecule has 1 fully saturated rings. The van der Waals surface area contributed by atoms with Crippen LogP contribution in [0.3, 0.4) is 0 Å². The van der Waals surface area contributed by atoms with E-state index in [1.54, 1.807) is 0 Å². The molecule has 0 bridgehead atoms. The minimum Gasteiger partial charge on any atom is -0.481 e. The number of hydrogen-bond acceptors (Lipinski definition) is 4. The van der Waals surface area contributed by atoms with Gasteiger partial charge in [0.1, 0.15) is 0 Å². The van der Waals surface area contributed by atoms with E-state index in [4.69, 9.17) is 20.4 Å². The molecule has 4 unspecified atom stereocenters. The molecular formula is C14H24O8Pt2. The van der Waals surface area contributed by atoms with Crippen molar-refractivity contribution in [1.29, 1.82) is 0 Å². The van der Waals surface area contributed by atoms with Crippen molar-refractivity contribution in [2.24, 2.45) is 23.7 Å². The standard InChI is InChI=1S/C10H12O8.4CH3.2Pt/c11-7(12)3-1-4(8(13)14)6(10(17)18)2-5(3)9(15)16;;;;;;/h3-6H,1-2H2,(H,11,12)(H,13,14)(H,15,16)(H,17,18);4*1H3;;/q;4*-1;2*+2.